The summed E-state index contributed by atoms with van der Waals surface area (Å²) in [6.45, 7) is 3.57. The van der Waals surface area contributed by atoms with E-state index < -0.39 is 4.32 Å². The summed E-state index contributed by atoms with van der Waals surface area (Å²) < 4.78 is 0.0487. The summed E-state index contributed by atoms with van der Waals surface area (Å²) in [5.74, 6) is -0.105. The molecule has 0 bridgehead atoms. The fraction of sp³-hybridized carbons (Fsp3) is 0.333. The van der Waals surface area contributed by atoms with Gasteiger partial charge in [-0.1, -0.05) is 15.9 Å². The van der Waals surface area contributed by atoms with Crippen LogP contribution in [0.4, 0.5) is 5.69 Å². The van der Waals surface area contributed by atoms with Crippen LogP contribution in [-0.2, 0) is 4.79 Å². The van der Waals surface area contributed by atoms with Crippen molar-refractivity contribution in [3.8, 4) is 0 Å². The number of carbonyl (C=O) groups is 1. The van der Waals surface area contributed by atoms with Crippen molar-refractivity contribution in [2.75, 3.05) is 5.32 Å². The second-order valence-corrected chi connectivity index (χ2v) is 6.00. The lowest BCUT2D eigenvalue weighted by molar-refractivity contribution is -0.117. The number of nitrogens with zero attached hydrogens (tertiary/aromatic N) is 1. The van der Waals surface area contributed by atoms with Crippen LogP contribution in [0.1, 0.15) is 13.8 Å². The second kappa shape index (κ2) is 4.40. The molecule has 0 radical (unpaired) electrons. The van der Waals surface area contributed by atoms with Crippen molar-refractivity contribution < 1.29 is 4.79 Å². The minimum absolute atomic E-state index is 0.105. The van der Waals surface area contributed by atoms with Crippen LogP contribution in [0, 0.1) is 0 Å². The number of carbonyl (C=O) groups excluding carboxylic acids is 1. The lowest BCUT2D eigenvalue weighted by Crippen LogP contribution is -2.31. The van der Waals surface area contributed by atoms with Gasteiger partial charge in [0.1, 0.15) is 4.60 Å². The number of amides is 1. The Kier molecular flexibility index (Phi) is 3.66. The summed E-state index contributed by atoms with van der Waals surface area (Å²) >= 11 is 6.53. The van der Waals surface area contributed by atoms with Gasteiger partial charge in [0.15, 0.2) is 0 Å². The largest absolute Gasteiger partial charge is 0.323 e. The summed E-state index contributed by atoms with van der Waals surface area (Å²) in [6, 6.07) is 3.55. The lowest BCUT2D eigenvalue weighted by Gasteiger charge is -2.16. The predicted molar refractivity (Wildman–Crippen MR) is 63.6 cm³/mol. The number of nitrogens with one attached hydrogen (secondary N) is 1. The highest BCUT2D eigenvalue weighted by Crippen LogP contribution is 2.22. The lowest BCUT2D eigenvalue weighted by atomic mass is 10.2. The molecule has 0 aliphatic rings. The van der Waals surface area contributed by atoms with E-state index in [9.17, 15) is 4.79 Å². The first-order chi connectivity index (χ1) is 6.41. The molecule has 1 aromatic rings. The maximum atomic E-state index is 11.6. The molecular weight excluding hydrogens is 312 g/mol. The van der Waals surface area contributed by atoms with Crippen LogP contribution in [0.2, 0.25) is 0 Å². The zero-order valence-corrected chi connectivity index (χ0v) is 11.0. The molecule has 0 aromatic carbocycles. The Hall–Kier alpha value is -0.420. The van der Waals surface area contributed by atoms with Gasteiger partial charge in [-0.05, 0) is 41.9 Å². The zero-order chi connectivity index (χ0) is 10.8. The Labute approximate surface area is 99.6 Å². The highest BCUT2D eigenvalue weighted by Gasteiger charge is 2.24. The number of anilines is 1. The molecule has 0 saturated heterocycles. The number of alkyl halides is 1. The summed E-state index contributed by atoms with van der Waals surface area (Å²) in [6.07, 6.45) is 1.65. The van der Waals surface area contributed by atoms with Crippen LogP contribution < -0.4 is 5.32 Å². The zero-order valence-electron chi connectivity index (χ0n) is 7.84. The highest BCUT2D eigenvalue weighted by atomic mass is 79.9. The van der Waals surface area contributed by atoms with E-state index in [-0.39, 0.29) is 5.91 Å². The van der Waals surface area contributed by atoms with E-state index in [1.807, 2.05) is 0 Å². The standard InChI is InChI=1S/C9H10Br2N2O/c1-9(2,11)8(14)13-6-4-3-5-12-7(6)10/h3-5H,1-2H3,(H,13,14). The number of aromatic nitrogens is 1. The molecule has 76 valence electrons. The average Bonchev–Trinajstić information content (AvgIpc) is 2.07. The molecular formula is C9H10Br2N2O. The fourth-order valence-electron chi connectivity index (χ4n) is 0.750. The van der Waals surface area contributed by atoms with E-state index in [1.165, 1.54) is 0 Å². The molecule has 0 fully saturated rings. The van der Waals surface area contributed by atoms with Crippen molar-refractivity contribution in [1.82, 2.24) is 4.98 Å². The summed E-state index contributed by atoms with van der Waals surface area (Å²) in [7, 11) is 0. The van der Waals surface area contributed by atoms with Crippen LogP contribution in [0.25, 0.3) is 0 Å². The molecule has 0 saturated carbocycles. The van der Waals surface area contributed by atoms with Crippen molar-refractivity contribution in [2.24, 2.45) is 0 Å². The van der Waals surface area contributed by atoms with E-state index in [0.717, 1.165) is 0 Å². The molecule has 3 nitrogen and oxygen atoms in total. The molecule has 0 aliphatic heterocycles. The predicted octanol–water partition coefficient (Wildman–Crippen LogP) is 2.96. The summed E-state index contributed by atoms with van der Waals surface area (Å²) in [5.41, 5.74) is 0.671. The van der Waals surface area contributed by atoms with E-state index in [4.69, 9.17) is 0 Å². The van der Waals surface area contributed by atoms with Crippen molar-refractivity contribution in [3.05, 3.63) is 22.9 Å². The number of halogens is 2. The van der Waals surface area contributed by atoms with Crippen molar-refractivity contribution in [3.63, 3.8) is 0 Å². The molecule has 1 N–H and O–H groups in total. The van der Waals surface area contributed by atoms with Crippen LogP contribution >= 0.6 is 31.9 Å². The second-order valence-electron chi connectivity index (χ2n) is 3.27. The van der Waals surface area contributed by atoms with Gasteiger partial charge in [-0.25, -0.2) is 4.98 Å². The third-order valence-corrected chi connectivity index (χ3v) is 2.54. The van der Waals surface area contributed by atoms with Crippen LogP contribution in [0.5, 0.6) is 0 Å². The monoisotopic (exact) mass is 320 g/mol. The summed E-state index contributed by atoms with van der Waals surface area (Å²) in [4.78, 5) is 15.6. The third-order valence-electron chi connectivity index (χ3n) is 1.55. The SMILES string of the molecule is CC(C)(Br)C(=O)Nc1cccnc1Br. The van der Waals surface area contributed by atoms with Crippen LogP contribution in [-0.4, -0.2) is 15.2 Å². The highest BCUT2D eigenvalue weighted by molar-refractivity contribution is 9.10. The number of pyridine rings is 1. The maximum absolute atomic E-state index is 11.6. The number of rotatable bonds is 2. The Bertz CT molecular complexity index is 347. The maximum Gasteiger partial charge on any atom is 0.240 e. The molecule has 0 aliphatic carbocycles. The Balaban J connectivity index is 2.80. The smallest absolute Gasteiger partial charge is 0.240 e. The fourth-order valence-corrected chi connectivity index (χ4v) is 1.20. The van der Waals surface area contributed by atoms with Gasteiger partial charge in [0.25, 0.3) is 0 Å². The first kappa shape index (κ1) is 11.7. The molecule has 0 atom stereocenters. The van der Waals surface area contributed by atoms with Gasteiger partial charge < -0.3 is 5.32 Å². The molecule has 0 spiro atoms. The molecule has 1 aromatic heterocycles. The van der Waals surface area contributed by atoms with Gasteiger partial charge in [0, 0.05) is 6.20 Å². The first-order valence-electron chi connectivity index (χ1n) is 4.02. The van der Waals surface area contributed by atoms with Crippen molar-refractivity contribution in [1.29, 1.82) is 0 Å². The van der Waals surface area contributed by atoms with Gasteiger partial charge >= 0.3 is 0 Å². The number of hydrogen-bond donors (Lipinski definition) is 1. The van der Waals surface area contributed by atoms with Gasteiger partial charge in [0.2, 0.25) is 5.91 Å². The molecule has 1 heterocycles. The van der Waals surface area contributed by atoms with Crippen molar-refractivity contribution >= 4 is 43.5 Å². The first-order valence-corrected chi connectivity index (χ1v) is 5.61. The molecule has 14 heavy (non-hydrogen) atoms. The van der Waals surface area contributed by atoms with E-state index in [2.05, 4.69) is 42.2 Å². The van der Waals surface area contributed by atoms with E-state index in [1.54, 1.807) is 32.2 Å². The van der Waals surface area contributed by atoms with Crippen LogP contribution in [0.3, 0.4) is 0 Å². The topological polar surface area (TPSA) is 42.0 Å². The van der Waals surface area contributed by atoms with Crippen molar-refractivity contribution in [2.45, 2.75) is 18.2 Å². The minimum atomic E-state index is -0.581. The Morgan fingerprint density at radius 1 is 1.57 bits per heavy atom. The molecule has 5 heteroatoms. The number of hydrogen-bond acceptors (Lipinski definition) is 2. The van der Waals surface area contributed by atoms with E-state index >= 15 is 0 Å². The Morgan fingerprint density at radius 2 is 2.21 bits per heavy atom. The summed E-state index contributed by atoms with van der Waals surface area (Å²) in [5, 5.41) is 2.75. The van der Waals surface area contributed by atoms with Gasteiger partial charge in [0.05, 0.1) is 10.0 Å². The van der Waals surface area contributed by atoms with Gasteiger partial charge in [-0.15, -0.1) is 0 Å². The van der Waals surface area contributed by atoms with Crippen LogP contribution in [0.15, 0.2) is 22.9 Å². The van der Waals surface area contributed by atoms with Gasteiger partial charge in [-0.2, -0.15) is 0 Å². The molecule has 1 rings (SSSR count). The Morgan fingerprint density at radius 3 is 2.71 bits per heavy atom. The van der Waals surface area contributed by atoms with E-state index in [0.29, 0.717) is 10.3 Å². The molecule has 0 unspecified atom stereocenters. The minimum Gasteiger partial charge on any atom is -0.323 e. The average molecular weight is 322 g/mol. The third kappa shape index (κ3) is 3.06. The normalized spacial score (nSPS) is 11.1. The molecule has 1 amide bonds. The van der Waals surface area contributed by atoms with Gasteiger partial charge in [-0.3, -0.25) is 4.79 Å². The quantitative estimate of drug-likeness (QED) is 0.672.